The van der Waals surface area contributed by atoms with Crippen LogP contribution in [0.25, 0.3) is 23.5 Å². The summed E-state index contributed by atoms with van der Waals surface area (Å²) in [5, 5.41) is 6.86. The second-order valence-corrected chi connectivity index (χ2v) is 6.27. The standard InChI is InChI=1S/C21H21N3O3/c1-14(2)22-21(25)17-6-4-5-16(13-17)20-23-19(27-24-20)12-9-15-7-10-18(26-3)11-8-15/h4-14H,1-3H3,(H,22,25)/b12-9+. The normalized spacial score (nSPS) is 11.1. The highest BCUT2D eigenvalue weighted by Crippen LogP contribution is 2.19. The second-order valence-electron chi connectivity index (χ2n) is 6.27. The molecule has 1 aromatic heterocycles. The fraction of sp³-hybridized carbons (Fsp3) is 0.190. The summed E-state index contributed by atoms with van der Waals surface area (Å²) in [7, 11) is 1.63. The maximum atomic E-state index is 12.2. The molecular weight excluding hydrogens is 342 g/mol. The molecule has 1 heterocycles. The van der Waals surface area contributed by atoms with Gasteiger partial charge >= 0.3 is 0 Å². The highest BCUT2D eigenvalue weighted by atomic mass is 16.5. The van der Waals surface area contributed by atoms with Crippen LogP contribution in [0, 0.1) is 0 Å². The SMILES string of the molecule is COc1ccc(/C=C/c2nc(-c3cccc(C(=O)NC(C)C)c3)no2)cc1. The van der Waals surface area contributed by atoms with E-state index < -0.39 is 0 Å². The lowest BCUT2D eigenvalue weighted by atomic mass is 10.1. The number of aromatic nitrogens is 2. The molecule has 0 saturated carbocycles. The first-order valence-electron chi connectivity index (χ1n) is 8.62. The third kappa shape index (κ3) is 4.82. The van der Waals surface area contributed by atoms with Gasteiger partial charge in [-0.15, -0.1) is 0 Å². The fourth-order valence-electron chi connectivity index (χ4n) is 2.45. The minimum absolute atomic E-state index is 0.0704. The summed E-state index contributed by atoms with van der Waals surface area (Å²) in [6, 6.07) is 14.8. The Hall–Kier alpha value is -3.41. The third-order valence-electron chi connectivity index (χ3n) is 3.78. The molecule has 0 unspecified atom stereocenters. The quantitative estimate of drug-likeness (QED) is 0.715. The predicted octanol–water partition coefficient (Wildman–Crippen LogP) is 4.05. The zero-order valence-electron chi connectivity index (χ0n) is 15.5. The van der Waals surface area contributed by atoms with Crippen LogP contribution in [0.3, 0.4) is 0 Å². The Labute approximate surface area is 157 Å². The van der Waals surface area contributed by atoms with Gasteiger partial charge in [-0.25, -0.2) is 0 Å². The van der Waals surface area contributed by atoms with Crippen LogP contribution < -0.4 is 10.1 Å². The number of methoxy groups -OCH3 is 1. The molecule has 138 valence electrons. The van der Waals surface area contributed by atoms with Crippen molar-refractivity contribution in [1.29, 1.82) is 0 Å². The molecule has 0 radical (unpaired) electrons. The number of hydrogen-bond donors (Lipinski definition) is 1. The average molecular weight is 363 g/mol. The molecule has 0 saturated heterocycles. The van der Waals surface area contributed by atoms with Crippen molar-refractivity contribution in [2.75, 3.05) is 7.11 Å². The van der Waals surface area contributed by atoms with E-state index in [1.165, 1.54) is 0 Å². The molecule has 0 fully saturated rings. The Kier molecular flexibility index (Phi) is 5.66. The van der Waals surface area contributed by atoms with E-state index >= 15 is 0 Å². The maximum absolute atomic E-state index is 12.2. The van der Waals surface area contributed by atoms with E-state index in [1.54, 1.807) is 31.4 Å². The van der Waals surface area contributed by atoms with Crippen LogP contribution in [-0.2, 0) is 0 Å². The summed E-state index contributed by atoms with van der Waals surface area (Å²) in [6.07, 6.45) is 3.62. The van der Waals surface area contributed by atoms with Gasteiger partial charge in [-0.1, -0.05) is 29.4 Å². The smallest absolute Gasteiger partial charge is 0.251 e. The summed E-state index contributed by atoms with van der Waals surface area (Å²) in [4.78, 5) is 16.5. The van der Waals surface area contributed by atoms with E-state index in [2.05, 4.69) is 15.5 Å². The van der Waals surface area contributed by atoms with Gasteiger partial charge in [0.15, 0.2) is 0 Å². The van der Waals surface area contributed by atoms with Crippen LogP contribution in [0.1, 0.15) is 35.7 Å². The molecule has 2 aromatic carbocycles. The highest BCUT2D eigenvalue weighted by Gasteiger charge is 2.11. The van der Waals surface area contributed by atoms with Gasteiger partial charge in [0.05, 0.1) is 7.11 Å². The summed E-state index contributed by atoms with van der Waals surface area (Å²) < 4.78 is 10.4. The molecule has 6 heteroatoms. The Morgan fingerprint density at radius 3 is 2.63 bits per heavy atom. The van der Waals surface area contributed by atoms with E-state index in [-0.39, 0.29) is 11.9 Å². The van der Waals surface area contributed by atoms with Gasteiger partial charge < -0.3 is 14.6 Å². The molecular formula is C21H21N3O3. The Bertz CT molecular complexity index is 943. The first kappa shape index (κ1) is 18.4. The number of carbonyl (C=O) groups excluding carboxylic acids is 1. The van der Waals surface area contributed by atoms with Crippen molar-refractivity contribution in [1.82, 2.24) is 15.5 Å². The van der Waals surface area contributed by atoms with Crippen LogP contribution >= 0.6 is 0 Å². The zero-order valence-corrected chi connectivity index (χ0v) is 15.5. The average Bonchev–Trinajstić information content (AvgIpc) is 3.15. The summed E-state index contributed by atoms with van der Waals surface area (Å²) in [6.45, 7) is 3.84. The van der Waals surface area contributed by atoms with E-state index in [0.29, 0.717) is 17.3 Å². The van der Waals surface area contributed by atoms with Crippen LogP contribution in [0.5, 0.6) is 5.75 Å². The lowest BCUT2D eigenvalue weighted by molar-refractivity contribution is 0.0943. The van der Waals surface area contributed by atoms with Crippen molar-refractivity contribution in [3.8, 4) is 17.1 Å². The molecule has 0 spiro atoms. The molecule has 3 rings (SSSR count). The van der Waals surface area contributed by atoms with Gasteiger partial charge in [-0.2, -0.15) is 4.98 Å². The van der Waals surface area contributed by atoms with Gasteiger partial charge in [0, 0.05) is 23.2 Å². The number of rotatable bonds is 6. The number of amides is 1. The largest absolute Gasteiger partial charge is 0.497 e. The molecule has 0 bridgehead atoms. The molecule has 3 aromatic rings. The Balaban J connectivity index is 1.75. The molecule has 0 aliphatic rings. The molecule has 1 amide bonds. The minimum atomic E-state index is -0.130. The van der Waals surface area contributed by atoms with E-state index in [0.717, 1.165) is 16.9 Å². The van der Waals surface area contributed by atoms with Crippen LogP contribution in [-0.4, -0.2) is 29.2 Å². The highest BCUT2D eigenvalue weighted by molar-refractivity contribution is 5.95. The number of benzene rings is 2. The van der Waals surface area contributed by atoms with Crippen molar-refractivity contribution >= 4 is 18.1 Å². The number of ether oxygens (including phenoxy) is 1. The Morgan fingerprint density at radius 1 is 1.15 bits per heavy atom. The van der Waals surface area contributed by atoms with Gasteiger partial charge in [0.1, 0.15) is 5.75 Å². The molecule has 6 nitrogen and oxygen atoms in total. The van der Waals surface area contributed by atoms with Crippen molar-refractivity contribution in [3.05, 3.63) is 65.5 Å². The topological polar surface area (TPSA) is 77.2 Å². The van der Waals surface area contributed by atoms with E-state index in [4.69, 9.17) is 9.26 Å². The van der Waals surface area contributed by atoms with Gasteiger partial charge in [0.25, 0.3) is 11.8 Å². The molecule has 0 aliphatic heterocycles. The van der Waals surface area contributed by atoms with Crippen LogP contribution in [0.4, 0.5) is 0 Å². The van der Waals surface area contributed by atoms with Crippen LogP contribution in [0.15, 0.2) is 53.1 Å². The Morgan fingerprint density at radius 2 is 1.93 bits per heavy atom. The van der Waals surface area contributed by atoms with Gasteiger partial charge in [-0.05, 0) is 49.8 Å². The molecule has 1 N–H and O–H groups in total. The zero-order chi connectivity index (χ0) is 19.2. The second kappa shape index (κ2) is 8.31. The summed E-state index contributed by atoms with van der Waals surface area (Å²) in [5.74, 6) is 1.49. The van der Waals surface area contributed by atoms with Gasteiger partial charge in [0.2, 0.25) is 5.82 Å². The summed E-state index contributed by atoms with van der Waals surface area (Å²) >= 11 is 0. The number of carbonyl (C=O) groups is 1. The number of nitrogens with one attached hydrogen (secondary N) is 1. The molecule has 0 atom stereocenters. The third-order valence-corrected chi connectivity index (χ3v) is 3.78. The molecule has 0 aliphatic carbocycles. The lowest BCUT2D eigenvalue weighted by Gasteiger charge is -2.08. The fourth-order valence-corrected chi connectivity index (χ4v) is 2.45. The van der Waals surface area contributed by atoms with Crippen molar-refractivity contribution < 1.29 is 14.1 Å². The predicted molar refractivity (Wildman–Crippen MR) is 104 cm³/mol. The van der Waals surface area contributed by atoms with E-state index in [1.807, 2.05) is 50.3 Å². The monoisotopic (exact) mass is 363 g/mol. The van der Waals surface area contributed by atoms with Crippen molar-refractivity contribution in [2.24, 2.45) is 0 Å². The van der Waals surface area contributed by atoms with Crippen LogP contribution in [0.2, 0.25) is 0 Å². The number of nitrogens with zero attached hydrogens (tertiary/aromatic N) is 2. The molecule has 27 heavy (non-hydrogen) atoms. The van der Waals surface area contributed by atoms with E-state index in [9.17, 15) is 4.79 Å². The summed E-state index contributed by atoms with van der Waals surface area (Å²) in [5.41, 5.74) is 2.27. The number of hydrogen-bond acceptors (Lipinski definition) is 5. The first-order valence-corrected chi connectivity index (χ1v) is 8.62. The first-order chi connectivity index (χ1) is 13.0. The maximum Gasteiger partial charge on any atom is 0.251 e. The van der Waals surface area contributed by atoms with Gasteiger partial charge in [-0.3, -0.25) is 4.79 Å². The van der Waals surface area contributed by atoms with Crippen molar-refractivity contribution in [3.63, 3.8) is 0 Å². The lowest BCUT2D eigenvalue weighted by Crippen LogP contribution is -2.30. The van der Waals surface area contributed by atoms with Crippen molar-refractivity contribution in [2.45, 2.75) is 19.9 Å². The minimum Gasteiger partial charge on any atom is -0.497 e.